The van der Waals surface area contributed by atoms with Gasteiger partial charge >= 0.3 is 11.9 Å². The van der Waals surface area contributed by atoms with Gasteiger partial charge in [-0.2, -0.15) is 0 Å². The molecule has 0 aliphatic heterocycles. The van der Waals surface area contributed by atoms with Gasteiger partial charge in [0.1, 0.15) is 18.1 Å². The van der Waals surface area contributed by atoms with Gasteiger partial charge < -0.3 is 37.0 Å². The third-order valence-electron chi connectivity index (χ3n) is 3.89. The highest BCUT2D eigenvalue weighted by Crippen LogP contribution is 2.04. The number of aliphatic carboxylic acids is 2. The molecule has 0 saturated carbocycles. The Morgan fingerprint density at radius 1 is 0.862 bits per heavy atom. The molecule has 0 aromatic carbocycles. The summed E-state index contributed by atoms with van der Waals surface area (Å²) >= 11 is 0. The molecule has 0 aromatic rings. The minimum absolute atomic E-state index is 0.123. The highest BCUT2D eigenvalue weighted by molar-refractivity contribution is 5.94. The molecule has 29 heavy (non-hydrogen) atoms. The van der Waals surface area contributed by atoms with Crippen molar-refractivity contribution in [3.8, 4) is 0 Å². The Balaban J connectivity index is 5.13. The molecular weight excluding hydrogens is 388 g/mol. The predicted molar refractivity (Wildman–Crippen MR) is 100 cm³/mol. The molecule has 0 radical (unpaired) electrons. The number of rotatable bonds is 13. The number of nitrogens with two attached hydrogens (primary N) is 1. The summed E-state index contributed by atoms with van der Waals surface area (Å²) in [6.07, 6.45) is -0.449. The molecule has 12 nitrogen and oxygen atoms in total. The van der Waals surface area contributed by atoms with Crippen molar-refractivity contribution < 1.29 is 39.3 Å². The van der Waals surface area contributed by atoms with E-state index in [0.29, 0.717) is 6.42 Å². The van der Waals surface area contributed by atoms with Crippen LogP contribution in [0.1, 0.15) is 40.0 Å². The van der Waals surface area contributed by atoms with Crippen LogP contribution in [0.15, 0.2) is 0 Å². The van der Waals surface area contributed by atoms with E-state index < -0.39 is 66.9 Å². The van der Waals surface area contributed by atoms with Gasteiger partial charge in [-0.15, -0.1) is 0 Å². The monoisotopic (exact) mass is 418 g/mol. The molecule has 4 atom stereocenters. The van der Waals surface area contributed by atoms with Crippen LogP contribution < -0.4 is 21.7 Å². The molecule has 0 spiro atoms. The third kappa shape index (κ3) is 10.4. The Kier molecular flexibility index (Phi) is 11.5. The number of carboxylic acids is 2. The zero-order chi connectivity index (χ0) is 22.7. The van der Waals surface area contributed by atoms with Crippen LogP contribution in [0.25, 0.3) is 0 Å². The normalized spacial score (nSPS) is 15.0. The number of carbonyl (C=O) groups excluding carboxylic acids is 3. The fourth-order valence-electron chi connectivity index (χ4n) is 2.27. The lowest BCUT2D eigenvalue weighted by Crippen LogP contribution is -2.58. The van der Waals surface area contributed by atoms with E-state index in [1.54, 1.807) is 0 Å². The van der Waals surface area contributed by atoms with Crippen molar-refractivity contribution in [2.75, 3.05) is 6.61 Å². The minimum Gasteiger partial charge on any atom is -0.481 e. The van der Waals surface area contributed by atoms with Crippen molar-refractivity contribution in [2.24, 2.45) is 11.7 Å². The molecule has 0 fully saturated rings. The Morgan fingerprint density at radius 3 is 1.83 bits per heavy atom. The maximum atomic E-state index is 12.4. The first-order valence-electron chi connectivity index (χ1n) is 9.11. The number of nitrogens with one attached hydrogen (secondary N) is 3. The average molecular weight is 418 g/mol. The maximum Gasteiger partial charge on any atom is 0.325 e. The smallest absolute Gasteiger partial charge is 0.325 e. The van der Waals surface area contributed by atoms with E-state index in [0.717, 1.165) is 0 Å². The quantitative estimate of drug-likeness (QED) is 0.172. The van der Waals surface area contributed by atoms with Crippen LogP contribution in [0.5, 0.6) is 0 Å². The van der Waals surface area contributed by atoms with Crippen LogP contribution in [0, 0.1) is 5.92 Å². The number of hydrogen-bond donors (Lipinski definition) is 7. The summed E-state index contributed by atoms with van der Waals surface area (Å²) < 4.78 is 0. The second-order valence-electron chi connectivity index (χ2n) is 7.04. The first-order chi connectivity index (χ1) is 13.4. The summed E-state index contributed by atoms with van der Waals surface area (Å²) in [5.41, 5.74) is 5.72. The lowest BCUT2D eigenvalue weighted by Gasteiger charge is -2.23. The summed E-state index contributed by atoms with van der Waals surface area (Å²) in [7, 11) is 0. The van der Waals surface area contributed by atoms with E-state index in [2.05, 4.69) is 16.0 Å². The van der Waals surface area contributed by atoms with Crippen LogP contribution >= 0.6 is 0 Å². The van der Waals surface area contributed by atoms with E-state index in [9.17, 15) is 29.1 Å². The molecule has 0 saturated heterocycles. The Labute approximate surface area is 168 Å². The van der Waals surface area contributed by atoms with Crippen LogP contribution in [-0.4, -0.2) is 75.8 Å². The summed E-state index contributed by atoms with van der Waals surface area (Å²) in [5.74, 6) is -4.94. The first-order valence-corrected chi connectivity index (χ1v) is 9.11. The lowest BCUT2D eigenvalue weighted by molar-refractivity contribution is -0.142. The van der Waals surface area contributed by atoms with Crippen molar-refractivity contribution in [3.63, 3.8) is 0 Å². The molecule has 8 N–H and O–H groups in total. The van der Waals surface area contributed by atoms with Crippen LogP contribution in [-0.2, 0) is 24.0 Å². The van der Waals surface area contributed by atoms with E-state index in [1.807, 2.05) is 13.8 Å². The molecule has 12 heteroatoms. The van der Waals surface area contributed by atoms with Gasteiger partial charge in [-0.25, -0.2) is 0 Å². The molecule has 0 aliphatic rings. The molecule has 0 heterocycles. The van der Waals surface area contributed by atoms with Gasteiger partial charge in [0, 0.05) is 6.42 Å². The third-order valence-corrected chi connectivity index (χ3v) is 3.89. The second-order valence-corrected chi connectivity index (χ2v) is 7.04. The first kappa shape index (κ1) is 26.3. The molecule has 0 aliphatic carbocycles. The summed E-state index contributed by atoms with van der Waals surface area (Å²) in [5, 5.41) is 33.7. The van der Waals surface area contributed by atoms with Gasteiger partial charge in [-0.3, -0.25) is 24.0 Å². The number of aliphatic hydroxyl groups is 1. The topological polar surface area (TPSA) is 208 Å². The number of amides is 3. The number of aliphatic hydroxyl groups excluding tert-OH is 1. The van der Waals surface area contributed by atoms with Gasteiger partial charge in [0.05, 0.1) is 12.6 Å². The number of carboxylic acid groups (broad SMARTS) is 2. The summed E-state index contributed by atoms with van der Waals surface area (Å²) in [6, 6.07) is -4.97. The fraction of sp³-hybridized carbons (Fsp3) is 0.706. The second kappa shape index (κ2) is 12.7. The van der Waals surface area contributed by atoms with Crippen LogP contribution in [0.4, 0.5) is 0 Å². The van der Waals surface area contributed by atoms with Crippen LogP contribution in [0.3, 0.4) is 0 Å². The Bertz CT molecular complexity index is 610. The molecular formula is C17H30N4O8. The van der Waals surface area contributed by atoms with Gasteiger partial charge in [0.15, 0.2) is 0 Å². The fourth-order valence-corrected chi connectivity index (χ4v) is 2.27. The SMILES string of the molecule is CC(C)CC(N)C(=O)NC(CO)C(=O)NC(CCC(=O)O)C(=O)NC(C)C(=O)O. The Hall–Kier alpha value is -2.73. The average Bonchev–Trinajstić information content (AvgIpc) is 2.61. The standard InChI is InChI=1S/C17H30N4O8/c1-8(2)6-10(18)14(25)21-12(7-22)16(27)20-11(4-5-13(23)24)15(26)19-9(3)17(28)29/h8-12,22H,4-7,18H2,1-3H3,(H,19,26)(H,20,27)(H,21,25)(H,23,24)(H,28,29). The van der Waals surface area contributed by atoms with E-state index in [4.69, 9.17) is 15.9 Å². The lowest BCUT2D eigenvalue weighted by atomic mass is 10.0. The summed E-state index contributed by atoms with van der Waals surface area (Å²) in [4.78, 5) is 58.3. The molecule has 4 unspecified atom stereocenters. The zero-order valence-corrected chi connectivity index (χ0v) is 16.7. The Morgan fingerprint density at radius 2 is 1.38 bits per heavy atom. The van der Waals surface area contributed by atoms with Crippen molar-refractivity contribution in [3.05, 3.63) is 0 Å². The van der Waals surface area contributed by atoms with Crippen molar-refractivity contribution in [1.29, 1.82) is 0 Å². The van der Waals surface area contributed by atoms with E-state index in [1.165, 1.54) is 6.92 Å². The highest BCUT2D eigenvalue weighted by atomic mass is 16.4. The largest absolute Gasteiger partial charge is 0.481 e. The minimum atomic E-state index is -1.42. The molecule has 3 amide bonds. The van der Waals surface area contributed by atoms with Gasteiger partial charge in [0.2, 0.25) is 17.7 Å². The molecule has 166 valence electrons. The summed E-state index contributed by atoms with van der Waals surface area (Å²) in [6.45, 7) is 4.12. The molecule has 0 rings (SSSR count). The van der Waals surface area contributed by atoms with Crippen LogP contribution in [0.2, 0.25) is 0 Å². The molecule has 0 aromatic heterocycles. The van der Waals surface area contributed by atoms with Gasteiger partial charge in [-0.05, 0) is 25.7 Å². The molecule has 0 bridgehead atoms. The van der Waals surface area contributed by atoms with Crippen molar-refractivity contribution >= 4 is 29.7 Å². The van der Waals surface area contributed by atoms with Crippen molar-refractivity contribution in [2.45, 2.75) is 64.2 Å². The van der Waals surface area contributed by atoms with E-state index >= 15 is 0 Å². The number of carbonyl (C=O) groups is 5. The van der Waals surface area contributed by atoms with Gasteiger partial charge in [0.25, 0.3) is 0 Å². The van der Waals surface area contributed by atoms with Gasteiger partial charge in [-0.1, -0.05) is 13.8 Å². The highest BCUT2D eigenvalue weighted by Gasteiger charge is 2.29. The van der Waals surface area contributed by atoms with Crippen molar-refractivity contribution in [1.82, 2.24) is 16.0 Å². The van der Waals surface area contributed by atoms with E-state index in [-0.39, 0.29) is 12.3 Å². The maximum absolute atomic E-state index is 12.4. The number of hydrogen-bond acceptors (Lipinski definition) is 7. The zero-order valence-electron chi connectivity index (χ0n) is 16.7. The predicted octanol–water partition coefficient (Wildman–Crippen LogP) is -2.22.